The summed E-state index contributed by atoms with van der Waals surface area (Å²) in [5.74, 6) is 0.887. The summed E-state index contributed by atoms with van der Waals surface area (Å²) < 4.78 is 0.936. The molecule has 1 heterocycles. The number of amides is 1. The van der Waals surface area contributed by atoms with Gasteiger partial charge in [0.05, 0.1) is 22.9 Å². The Morgan fingerprint density at radius 3 is 3.10 bits per heavy atom. The molecule has 6 nitrogen and oxygen atoms in total. The number of aromatic nitrogens is 1. The molecule has 2 rings (SSSR count). The highest BCUT2D eigenvalue weighted by Gasteiger charge is 2.09. The van der Waals surface area contributed by atoms with Crippen LogP contribution in [-0.2, 0) is 4.79 Å². The van der Waals surface area contributed by atoms with Gasteiger partial charge >= 0.3 is 0 Å². The molecule has 114 valence electrons. The zero-order valence-corrected chi connectivity index (χ0v) is 12.9. The lowest BCUT2D eigenvalue weighted by Crippen LogP contribution is -2.16. The lowest BCUT2D eigenvalue weighted by molar-refractivity contribution is -0.115. The topological polar surface area (TPSA) is 108 Å². The molecule has 1 amide bonds. The maximum atomic E-state index is 11.8. The number of thiazole rings is 1. The van der Waals surface area contributed by atoms with Crippen molar-refractivity contribution in [2.24, 2.45) is 0 Å². The Labute approximate surface area is 130 Å². The van der Waals surface area contributed by atoms with Crippen LogP contribution in [0.2, 0.25) is 0 Å². The number of aliphatic hydroxyl groups is 2. The Morgan fingerprint density at radius 1 is 1.52 bits per heavy atom. The third-order valence-corrected chi connectivity index (χ3v) is 4.70. The first-order chi connectivity index (χ1) is 10.1. The maximum absolute atomic E-state index is 11.8. The fourth-order valence-electron chi connectivity index (χ4n) is 1.61. The van der Waals surface area contributed by atoms with Gasteiger partial charge in [0.25, 0.3) is 0 Å². The predicted molar refractivity (Wildman–Crippen MR) is 87.7 cm³/mol. The van der Waals surface area contributed by atoms with Gasteiger partial charge in [-0.25, -0.2) is 4.98 Å². The van der Waals surface area contributed by atoms with Crippen LogP contribution < -0.4 is 11.1 Å². The number of hydrogen-bond acceptors (Lipinski definition) is 7. The normalized spacial score (nSPS) is 12.5. The van der Waals surface area contributed by atoms with Crippen molar-refractivity contribution in [2.75, 3.05) is 29.2 Å². The largest absolute Gasteiger partial charge is 0.399 e. The van der Waals surface area contributed by atoms with E-state index in [2.05, 4.69) is 10.3 Å². The number of anilines is 2. The summed E-state index contributed by atoms with van der Waals surface area (Å²) in [7, 11) is 0. The van der Waals surface area contributed by atoms with Gasteiger partial charge in [-0.15, -0.1) is 0 Å². The molecule has 0 fully saturated rings. The summed E-state index contributed by atoms with van der Waals surface area (Å²) in [6, 6.07) is 5.43. The van der Waals surface area contributed by atoms with Crippen LogP contribution in [0.25, 0.3) is 10.2 Å². The van der Waals surface area contributed by atoms with Crippen LogP contribution in [0.1, 0.15) is 6.42 Å². The van der Waals surface area contributed by atoms with Gasteiger partial charge in [-0.3, -0.25) is 4.79 Å². The molecule has 0 bridgehead atoms. The van der Waals surface area contributed by atoms with Crippen molar-refractivity contribution in [3.63, 3.8) is 0 Å². The minimum atomic E-state index is -0.729. The fraction of sp³-hybridized carbons (Fsp3) is 0.385. The Bertz CT molecular complexity index is 618. The highest BCUT2D eigenvalue weighted by Crippen LogP contribution is 2.27. The van der Waals surface area contributed by atoms with Crippen molar-refractivity contribution < 1.29 is 15.0 Å². The smallest absolute Gasteiger partial charge is 0.226 e. The van der Waals surface area contributed by atoms with Crippen LogP contribution in [0.15, 0.2) is 18.2 Å². The molecule has 21 heavy (non-hydrogen) atoms. The number of nitrogen functional groups attached to an aromatic ring is 1. The van der Waals surface area contributed by atoms with Gasteiger partial charge in [0.2, 0.25) is 5.91 Å². The SMILES string of the molecule is Nc1ccc2nc(NC(=O)CCSCC(O)CO)sc2c1. The molecule has 5 N–H and O–H groups in total. The fourth-order valence-corrected chi connectivity index (χ4v) is 3.42. The molecule has 0 aliphatic heterocycles. The Kier molecular flexibility index (Phi) is 5.80. The van der Waals surface area contributed by atoms with Gasteiger partial charge < -0.3 is 21.3 Å². The zero-order valence-electron chi connectivity index (χ0n) is 11.3. The summed E-state index contributed by atoms with van der Waals surface area (Å²) in [6.07, 6.45) is -0.395. The van der Waals surface area contributed by atoms with Gasteiger partial charge in [0.15, 0.2) is 5.13 Å². The van der Waals surface area contributed by atoms with Gasteiger partial charge in [-0.1, -0.05) is 11.3 Å². The predicted octanol–water partition coefficient (Wildman–Crippen LogP) is 1.29. The number of nitrogens with one attached hydrogen (secondary N) is 1. The Morgan fingerprint density at radius 2 is 2.33 bits per heavy atom. The van der Waals surface area contributed by atoms with Crippen molar-refractivity contribution in [3.05, 3.63) is 18.2 Å². The molecule has 1 atom stereocenters. The van der Waals surface area contributed by atoms with Crippen LogP contribution in [0, 0.1) is 0 Å². The van der Waals surface area contributed by atoms with Crippen LogP contribution >= 0.6 is 23.1 Å². The molecule has 8 heteroatoms. The molecule has 0 aliphatic carbocycles. The van der Waals surface area contributed by atoms with Crippen LogP contribution in [0.5, 0.6) is 0 Å². The minimum Gasteiger partial charge on any atom is -0.399 e. The van der Waals surface area contributed by atoms with E-state index >= 15 is 0 Å². The molecule has 0 saturated carbocycles. The second-order valence-electron chi connectivity index (χ2n) is 4.46. The third-order valence-electron chi connectivity index (χ3n) is 2.65. The summed E-state index contributed by atoms with van der Waals surface area (Å²) in [6.45, 7) is -0.256. The molecule has 0 aliphatic rings. The lowest BCUT2D eigenvalue weighted by Gasteiger charge is -2.06. The van der Waals surface area contributed by atoms with E-state index < -0.39 is 6.10 Å². The van der Waals surface area contributed by atoms with E-state index in [0.29, 0.717) is 28.7 Å². The molecule has 0 saturated heterocycles. The molecule has 1 aromatic heterocycles. The number of nitrogens with zero attached hydrogens (tertiary/aromatic N) is 1. The Hall–Kier alpha value is -1.35. The van der Waals surface area contributed by atoms with Crippen molar-refractivity contribution in [1.29, 1.82) is 0 Å². The highest BCUT2D eigenvalue weighted by atomic mass is 32.2. The molecular formula is C13H17N3O3S2. The van der Waals surface area contributed by atoms with E-state index in [4.69, 9.17) is 10.8 Å². The number of benzene rings is 1. The first kappa shape index (κ1) is 16.0. The second kappa shape index (κ2) is 7.60. The van der Waals surface area contributed by atoms with E-state index in [9.17, 15) is 9.90 Å². The number of carbonyl (C=O) groups is 1. The van der Waals surface area contributed by atoms with Gasteiger partial charge in [0.1, 0.15) is 0 Å². The average molecular weight is 327 g/mol. The number of hydrogen-bond donors (Lipinski definition) is 4. The number of fused-ring (bicyclic) bond motifs is 1. The molecule has 0 spiro atoms. The monoisotopic (exact) mass is 327 g/mol. The summed E-state index contributed by atoms with van der Waals surface area (Å²) in [5, 5.41) is 21.2. The van der Waals surface area contributed by atoms with E-state index in [1.165, 1.54) is 23.1 Å². The number of carbonyl (C=O) groups excluding carboxylic acids is 1. The quantitative estimate of drug-likeness (QED) is 0.451. The third kappa shape index (κ3) is 4.85. The average Bonchev–Trinajstić information content (AvgIpc) is 2.84. The van der Waals surface area contributed by atoms with E-state index in [0.717, 1.165) is 10.2 Å². The second-order valence-corrected chi connectivity index (χ2v) is 6.64. The first-order valence-corrected chi connectivity index (χ1v) is 8.38. The van der Waals surface area contributed by atoms with Crippen molar-refractivity contribution in [2.45, 2.75) is 12.5 Å². The first-order valence-electron chi connectivity index (χ1n) is 6.41. The van der Waals surface area contributed by atoms with Crippen molar-refractivity contribution in [1.82, 2.24) is 4.98 Å². The molecule has 1 unspecified atom stereocenters. The summed E-state index contributed by atoms with van der Waals surface area (Å²) >= 11 is 2.81. The molecule has 1 aromatic carbocycles. The highest BCUT2D eigenvalue weighted by molar-refractivity contribution is 7.99. The van der Waals surface area contributed by atoms with Gasteiger partial charge in [-0.05, 0) is 18.2 Å². The van der Waals surface area contributed by atoms with E-state index in [1.54, 1.807) is 6.07 Å². The van der Waals surface area contributed by atoms with Crippen LogP contribution in [0.3, 0.4) is 0 Å². The standard InChI is InChI=1S/C13H17N3O3S2/c14-8-1-2-10-11(5-8)21-13(15-10)16-12(19)3-4-20-7-9(18)6-17/h1-2,5,9,17-18H,3-4,6-7,14H2,(H,15,16,19). The lowest BCUT2D eigenvalue weighted by atomic mass is 10.3. The van der Waals surface area contributed by atoms with Crippen molar-refractivity contribution >= 4 is 50.0 Å². The molecule has 2 aromatic rings. The van der Waals surface area contributed by atoms with E-state index in [1.807, 2.05) is 12.1 Å². The van der Waals surface area contributed by atoms with Gasteiger partial charge in [0, 0.05) is 23.6 Å². The summed E-state index contributed by atoms with van der Waals surface area (Å²) in [5.41, 5.74) is 7.18. The summed E-state index contributed by atoms with van der Waals surface area (Å²) in [4.78, 5) is 16.1. The number of rotatable bonds is 7. The van der Waals surface area contributed by atoms with E-state index in [-0.39, 0.29) is 12.5 Å². The van der Waals surface area contributed by atoms with Crippen LogP contribution in [-0.4, -0.2) is 45.3 Å². The molecule has 0 radical (unpaired) electrons. The number of nitrogens with two attached hydrogens (primary N) is 1. The molecular weight excluding hydrogens is 310 g/mol. The maximum Gasteiger partial charge on any atom is 0.226 e. The minimum absolute atomic E-state index is 0.118. The zero-order chi connectivity index (χ0) is 15.2. The van der Waals surface area contributed by atoms with Gasteiger partial charge in [-0.2, -0.15) is 11.8 Å². The van der Waals surface area contributed by atoms with Crippen molar-refractivity contribution in [3.8, 4) is 0 Å². The number of thioether (sulfide) groups is 1. The van der Waals surface area contributed by atoms with Crippen LogP contribution in [0.4, 0.5) is 10.8 Å². The Balaban J connectivity index is 1.81. The number of aliphatic hydroxyl groups excluding tert-OH is 2.